The van der Waals surface area contributed by atoms with E-state index in [1.807, 2.05) is 13.8 Å². The summed E-state index contributed by atoms with van der Waals surface area (Å²) in [6, 6.07) is 33.3. The average molecular weight is 592 g/mol. The topological polar surface area (TPSA) is 72.8 Å². The molecule has 3 aromatic rings. The minimum atomic E-state index is -1.75. The highest BCUT2D eigenvalue weighted by Gasteiger charge is 2.44. The molecule has 0 heterocycles. The zero-order valence-corrected chi connectivity index (χ0v) is 26.1. The van der Waals surface area contributed by atoms with Gasteiger partial charge in [-0.3, -0.25) is 10.9 Å². The summed E-state index contributed by atoms with van der Waals surface area (Å²) < 4.78 is 0. The fraction of sp³-hybridized carbons (Fsp3) is 0.290. The van der Waals surface area contributed by atoms with Crippen LogP contribution in [-0.4, -0.2) is 41.4 Å². The molecule has 0 saturated carbocycles. The van der Waals surface area contributed by atoms with Gasteiger partial charge in [0.25, 0.3) is 0 Å². The third kappa shape index (κ3) is 9.19. The number of hydrogen-bond acceptors (Lipinski definition) is 4. The summed E-state index contributed by atoms with van der Waals surface area (Å²) in [5.74, 6) is 0. The van der Waals surface area contributed by atoms with Crippen LogP contribution in [0.4, 0.5) is 0 Å². The Labute approximate surface area is 250 Å². The van der Waals surface area contributed by atoms with E-state index in [9.17, 15) is 0 Å². The van der Waals surface area contributed by atoms with E-state index in [2.05, 4.69) is 123 Å². The van der Waals surface area contributed by atoms with Crippen molar-refractivity contribution in [3.8, 4) is 0 Å². The molecule has 3 aromatic carbocycles. The van der Waals surface area contributed by atoms with Crippen molar-refractivity contribution in [1.29, 1.82) is 0 Å². The van der Waals surface area contributed by atoms with E-state index in [1.54, 1.807) is 7.05 Å². The highest BCUT2D eigenvalue weighted by Crippen LogP contribution is 2.55. The fourth-order valence-electron chi connectivity index (χ4n) is 4.44. The smallest absolute Gasteiger partial charge is 0.186 e. The summed E-state index contributed by atoms with van der Waals surface area (Å²) in [6.07, 6.45) is 5.68. The van der Waals surface area contributed by atoms with E-state index in [0.29, 0.717) is 15.9 Å². The molecule has 0 spiro atoms. The van der Waals surface area contributed by atoms with E-state index in [-0.39, 0.29) is 0 Å². The second-order valence-electron chi connectivity index (χ2n) is 9.41. The van der Waals surface area contributed by atoms with Gasteiger partial charge in [-0.05, 0) is 93.9 Å². The molecule has 0 bridgehead atoms. The highest BCUT2D eigenvalue weighted by molar-refractivity contribution is 7.95. The number of hydrogen-bond donors (Lipinski definition) is 4. The second-order valence-corrected chi connectivity index (χ2v) is 13.8. The van der Waals surface area contributed by atoms with Crippen molar-refractivity contribution in [1.82, 2.24) is 21.5 Å². The Hall–Kier alpha value is -3.19. The maximum atomic E-state index is 5.38. The lowest BCUT2D eigenvalue weighted by molar-refractivity contribution is 0.653. The van der Waals surface area contributed by atoms with Crippen LogP contribution in [0.25, 0.3) is 0 Å². The zero-order chi connectivity index (χ0) is 28.6. The minimum absolute atomic E-state index is 0.449. The second kappa shape index (κ2) is 16.8. The van der Waals surface area contributed by atoms with Gasteiger partial charge in [0.05, 0.1) is 17.6 Å². The molecule has 0 unspecified atom stereocenters. The van der Waals surface area contributed by atoms with Crippen LogP contribution in [0.2, 0.25) is 0 Å². The van der Waals surface area contributed by atoms with Gasteiger partial charge in [0.15, 0.2) is 10.2 Å². The summed E-state index contributed by atoms with van der Waals surface area (Å²) in [5, 5.41) is 19.8. The first kappa shape index (κ1) is 31.3. The van der Waals surface area contributed by atoms with Crippen LogP contribution in [0.1, 0.15) is 39.5 Å². The molecule has 0 aliphatic carbocycles. The third-order valence-electron chi connectivity index (χ3n) is 6.70. The Kier molecular flexibility index (Phi) is 13.2. The Morgan fingerprint density at radius 1 is 0.625 bits per heavy atom. The summed E-state index contributed by atoms with van der Waals surface area (Å²) in [6.45, 7) is 4.52. The largest absolute Gasteiger partial charge is 0.364 e. The van der Waals surface area contributed by atoms with Crippen molar-refractivity contribution in [3.63, 3.8) is 0 Å². The maximum Gasteiger partial charge on any atom is 0.186 e. The molecule has 3 rings (SSSR count). The Bertz CT molecular complexity index is 1170. The molecule has 9 heteroatoms. The highest BCUT2D eigenvalue weighted by atomic mass is 32.1. The molecule has 210 valence electrons. The van der Waals surface area contributed by atoms with Crippen molar-refractivity contribution >= 4 is 69.3 Å². The SMILES string of the molecule is CNC(=S)N/N=C(C)/C(C)=N\NC(=S)NCCCCCC[P+](c1ccccc1)(c1ccccc1)c1ccccc1. The van der Waals surface area contributed by atoms with Crippen molar-refractivity contribution in [2.45, 2.75) is 39.5 Å². The normalized spacial score (nSPS) is 12.0. The van der Waals surface area contributed by atoms with Crippen molar-refractivity contribution in [3.05, 3.63) is 91.0 Å². The number of benzene rings is 3. The quantitative estimate of drug-likeness (QED) is 0.0749. The Balaban J connectivity index is 1.53. The van der Waals surface area contributed by atoms with Gasteiger partial charge in [0.2, 0.25) is 0 Å². The number of thiocarbonyl (C=S) groups is 2. The summed E-state index contributed by atoms with van der Waals surface area (Å²) in [5.41, 5.74) is 7.08. The lowest BCUT2D eigenvalue weighted by atomic mass is 10.2. The number of nitrogens with one attached hydrogen (secondary N) is 4. The lowest BCUT2D eigenvalue weighted by Gasteiger charge is -2.27. The van der Waals surface area contributed by atoms with Crippen molar-refractivity contribution in [2.24, 2.45) is 10.2 Å². The predicted molar refractivity (Wildman–Crippen MR) is 183 cm³/mol. The van der Waals surface area contributed by atoms with Gasteiger partial charge < -0.3 is 10.6 Å². The molecule has 0 aromatic heterocycles. The van der Waals surface area contributed by atoms with Crippen LogP contribution in [-0.2, 0) is 0 Å². The summed E-state index contributed by atoms with van der Waals surface area (Å²) >= 11 is 10.4. The molecule has 4 N–H and O–H groups in total. The predicted octanol–water partition coefficient (Wildman–Crippen LogP) is 4.85. The third-order valence-corrected chi connectivity index (χ3v) is 11.8. The van der Waals surface area contributed by atoms with Crippen LogP contribution in [0.3, 0.4) is 0 Å². The van der Waals surface area contributed by atoms with E-state index in [0.717, 1.165) is 31.3 Å². The molecular formula is C31H40N6PS2+. The molecule has 0 radical (unpaired) electrons. The van der Waals surface area contributed by atoms with E-state index in [4.69, 9.17) is 24.4 Å². The number of nitrogens with zero attached hydrogens (tertiary/aromatic N) is 2. The van der Waals surface area contributed by atoms with E-state index < -0.39 is 7.26 Å². The molecule has 40 heavy (non-hydrogen) atoms. The molecule has 0 aliphatic rings. The lowest BCUT2D eigenvalue weighted by Crippen LogP contribution is -2.34. The molecule has 0 aliphatic heterocycles. The number of hydrazone groups is 2. The van der Waals surface area contributed by atoms with Gasteiger partial charge in [-0.1, -0.05) is 61.0 Å². The first-order valence-corrected chi connectivity index (χ1v) is 16.4. The summed E-state index contributed by atoms with van der Waals surface area (Å²) in [4.78, 5) is 0. The molecular weight excluding hydrogens is 551 g/mol. The van der Waals surface area contributed by atoms with Gasteiger partial charge in [-0.15, -0.1) is 0 Å². The van der Waals surface area contributed by atoms with Crippen LogP contribution in [0.15, 0.2) is 101 Å². The molecule has 0 saturated heterocycles. The fourth-order valence-corrected chi connectivity index (χ4v) is 9.04. The molecule has 0 fully saturated rings. The van der Waals surface area contributed by atoms with Crippen LogP contribution < -0.4 is 37.4 Å². The van der Waals surface area contributed by atoms with E-state index >= 15 is 0 Å². The Morgan fingerprint density at radius 3 is 1.50 bits per heavy atom. The van der Waals surface area contributed by atoms with Crippen molar-refractivity contribution < 1.29 is 0 Å². The maximum absolute atomic E-state index is 5.38. The van der Waals surface area contributed by atoms with E-state index in [1.165, 1.54) is 28.8 Å². The average Bonchev–Trinajstić information content (AvgIpc) is 3.01. The van der Waals surface area contributed by atoms with Crippen LogP contribution >= 0.6 is 31.7 Å². The standard InChI is InChI=1S/C31H39N6PS2/c1-25(34-36-30(39)32-3)26(2)35-37-31(40)33-23-15-4-5-16-24-38(27-17-9-6-10-18-27,28-19-11-7-12-20-28)29-21-13-8-14-22-29/h6-14,17-22H,4-5,15-16,23-24H2,1-3H3,(H3-,32,33,34,35,36,37,39,40)/p+1. The van der Waals surface area contributed by atoms with Gasteiger partial charge >= 0.3 is 0 Å². The molecule has 0 atom stereocenters. The van der Waals surface area contributed by atoms with Crippen molar-refractivity contribution in [2.75, 3.05) is 19.8 Å². The number of unbranched alkanes of at least 4 members (excludes halogenated alkanes) is 3. The number of rotatable bonds is 13. The van der Waals surface area contributed by atoms with Gasteiger partial charge in [0, 0.05) is 13.6 Å². The van der Waals surface area contributed by atoms with Gasteiger partial charge in [0.1, 0.15) is 23.2 Å². The monoisotopic (exact) mass is 591 g/mol. The molecule has 0 amide bonds. The Morgan fingerprint density at radius 2 is 1.05 bits per heavy atom. The van der Waals surface area contributed by atoms with Gasteiger partial charge in [-0.25, -0.2) is 0 Å². The first-order chi connectivity index (χ1) is 19.5. The van der Waals surface area contributed by atoms with Crippen LogP contribution in [0.5, 0.6) is 0 Å². The summed E-state index contributed by atoms with van der Waals surface area (Å²) in [7, 11) is -0.0122. The molecule has 6 nitrogen and oxygen atoms in total. The van der Waals surface area contributed by atoms with Crippen LogP contribution in [0, 0.1) is 0 Å². The van der Waals surface area contributed by atoms with Gasteiger partial charge in [-0.2, -0.15) is 10.2 Å². The zero-order valence-electron chi connectivity index (χ0n) is 23.6. The first-order valence-electron chi connectivity index (χ1n) is 13.6. The minimum Gasteiger partial charge on any atom is -0.364 e.